The molecule has 4 rings (SSSR count). The Morgan fingerprint density at radius 1 is 1.06 bits per heavy atom. The molecular weight excluding hydrogens is 410 g/mol. The molecule has 2 aromatic carbocycles. The molecule has 32 heavy (non-hydrogen) atoms. The average molecular weight is 437 g/mol. The highest BCUT2D eigenvalue weighted by Crippen LogP contribution is 2.31. The standard InChI is InChI=1S/C24H27N3O5/c1-16-5-7-17(8-6-16)14-27-22(29)24(25-23(27)30)9-4-10-26(15-24)21(28)18-11-19(31-2)13-20(12-18)32-3/h5-8,11-13H,4,9-10,14-15H2,1-3H3,(H,25,30)/t24-/m1/s1. The molecule has 0 unspecified atom stereocenters. The maximum absolute atomic E-state index is 13.3. The van der Waals surface area contributed by atoms with Crippen molar-refractivity contribution in [2.45, 2.75) is 31.8 Å². The maximum atomic E-state index is 13.3. The Kier molecular flexibility index (Phi) is 5.78. The van der Waals surface area contributed by atoms with E-state index in [-0.39, 0.29) is 24.9 Å². The Morgan fingerprint density at radius 3 is 2.34 bits per heavy atom. The summed E-state index contributed by atoms with van der Waals surface area (Å²) in [5.74, 6) is 0.493. The molecule has 2 heterocycles. The number of imide groups is 1. The first-order valence-corrected chi connectivity index (χ1v) is 10.6. The molecule has 2 aliphatic heterocycles. The van der Waals surface area contributed by atoms with Crippen molar-refractivity contribution < 1.29 is 23.9 Å². The molecule has 0 aromatic heterocycles. The minimum absolute atomic E-state index is 0.125. The van der Waals surface area contributed by atoms with Crippen LogP contribution in [0.25, 0.3) is 0 Å². The smallest absolute Gasteiger partial charge is 0.325 e. The van der Waals surface area contributed by atoms with Crippen LogP contribution in [0.15, 0.2) is 42.5 Å². The number of likely N-dealkylation sites (tertiary alicyclic amines) is 1. The molecule has 8 nitrogen and oxygen atoms in total. The molecule has 0 saturated carbocycles. The zero-order chi connectivity index (χ0) is 22.9. The number of carbonyl (C=O) groups excluding carboxylic acids is 3. The molecule has 0 aliphatic carbocycles. The van der Waals surface area contributed by atoms with Gasteiger partial charge in [0.05, 0.1) is 27.3 Å². The van der Waals surface area contributed by atoms with Gasteiger partial charge in [-0.05, 0) is 37.5 Å². The molecule has 2 aliphatic rings. The van der Waals surface area contributed by atoms with Crippen molar-refractivity contribution in [3.8, 4) is 11.5 Å². The van der Waals surface area contributed by atoms with Crippen molar-refractivity contribution in [1.29, 1.82) is 0 Å². The van der Waals surface area contributed by atoms with Crippen molar-refractivity contribution in [1.82, 2.24) is 15.1 Å². The third-order valence-electron chi connectivity index (χ3n) is 6.09. The lowest BCUT2D eigenvalue weighted by Gasteiger charge is -2.38. The number of nitrogens with zero attached hydrogens (tertiary/aromatic N) is 2. The SMILES string of the molecule is COc1cc(OC)cc(C(=O)N2CCC[C@]3(C2)NC(=O)N(Cc2ccc(C)cc2)C3=O)c1. The van der Waals surface area contributed by atoms with Gasteiger partial charge in [0, 0.05) is 18.2 Å². The van der Waals surface area contributed by atoms with Gasteiger partial charge in [-0.1, -0.05) is 29.8 Å². The largest absolute Gasteiger partial charge is 0.497 e. The first-order chi connectivity index (χ1) is 15.3. The van der Waals surface area contributed by atoms with E-state index in [9.17, 15) is 14.4 Å². The van der Waals surface area contributed by atoms with Crippen LogP contribution in [0.1, 0.15) is 34.3 Å². The van der Waals surface area contributed by atoms with E-state index in [2.05, 4.69) is 5.32 Å². The topological polar surface area (TPSA) is 88.2 Å². The summed E-state index contributed by atoms with van der Waals surface area (Å²) in [6, 6.07) is 12.3. The highest BCUT2D eigenvalue weighted by Gasteiger charge is 2.53. The quantitative estimate of drug-likeness (QED) is 0.727. The Labute approximate surface area is 187 Å². The molecule has 8 heteroatoms. The molecule has 1 spiro atoms. The Morgan fingerprint density at radius 2 is 1.72 bits per heavy atom. The van der Waals surface area contributed by atoms with Crippen LogP contribution in [-0.2, 0) is 11.3 Å². The van der Waals surface area contributed by atoms with Gasteiger partial charge in [0.15, 0.2) is 0 Å². The lowest BCUT2D eigenvalue weighted by molar-refractivity contribution is -0.133. The van der Waals surface area contributed by atoms with Crippen molar-refractivity contribution in [3.05, 3.63) is 59.2 Å². The summed E-state index contributed by atoms with van der Waals surface area (Å²) in [6.07, 6.45) is 1.10. The Bertz CT molecular complexity index is 1030. The highest BCUT2D eigenvalue weighted by atomic mass is 16.5. The minimum Gasteiger partial charge on any atom is -0.497 e. The minimum atomic E-state index is -1.10. The van der Waals surface area contributed by atoms with E-state index < -0.39 is 11.6 Å². The summed E-state index contributed by atoms with van der Waals surface area (Å²) in [5.41, 5.74) is 1.30. The lowest BCUT2D eigenvalue weighted by Crippen LogP contribution is -2.59. The number of piperidine rings is 1. The number of nitrogens with one attached hydrogen (secondary N) is 1. The highest BCUT2D eigenvalue weighted by molar-refractivity contribution is 6.07. The molecular formula is C24H27N3O5. The van der Waals surface area contributed by atoms with E-state index in [4.69, 9.17) is 9.47 Å². The number of hydrogen-bond acceptors (Lipinski definition) is 5. The zero-order valence-corrected chi connectivity index (χ0v) is 18.5. The number of methoxy groups -OCH3 is 2. The fourth-order valence-electron chi connectivity index (χ4n) is 4.31. The Balaban J connectivity index is 1.54. The second-order valence-electron chi connectivity index (χ2n) is 8.32. The molecule has 0 radical (unpaired) electrons. The first-order valence-electron chi connectivity index (χ1n) is 10.6. The first kappa shape index (κ1) is 21.7. The number of benzene rings is 2. The van der Waals surface area contributed by atoms with Gasteiger partial charge in [-0.3, -0.25) is 14.5 Å². The third kappa shape index (κ3) is 4.00. The van der Waals surface area contributed by atoms with Crippen LogP contribution in [0.4, 0.5) is 4.79 Å². The molecule has 168 valence electrons. The van der Waals surface area contributed by atoms with Crippen LogP contribution in [0, 0.1) is 6.92 Å². The van der Waals surface area contributed by atoms with Gasteiger partial charge in [-0.25, -0.2) is 4.79 Å². The van der Waals surface area contributed by atoms with Crippen LogP contribution >= 0.6 is 0 Å². The van der Waals surface area contributed by atoms with Crippen LogP contribution in [0.3, 0.4) is 0 Å². The van der Waals surface area contributed by atoms with Crippen LogP contribution in [0.2, 0.25) is 0 Å². The third-order valence-corrected chi connectivity index (χ3v) is 6.09. The Hall–Kier alpha value is -3.55. The summed E-state index contributed by atoms with van der Waals surface area (Å²) in [5, 5.41) is 2.88. The fourth-order valence-corrected chi connectivity index (χ4v) is 4.31. The van der Waals surface area contributed by atoms with E-state index in [0.29, 0.717) is 36.4 Å². The van der Waals surface area contributed by atoms with Gasteiger partial charge in [0.2, 0.25) is 0 Å². The number of aryl methyl sites for hydroxylation is 1. The van der Waals surface area contributed by atoms with Gasteiger partial charge < -0.3 is 19.7 Å². The van der Waals surface area contributed by atoms with Gasteiger partial charge in [0.1, 0.15) is 17.0 Å². The van der Waals surface area contributed by atoms with Crippen molar-refractivity contribution in [2.24, 2.45) is 0 Å². The molecule has 1 N–H and O–H groups in total. The molecule has 2 saturated heterocycles. The van der Waals surface area contributed by atoms with E-state index in [1.165, 1.54) is 19.1 Å². The van der Waals surface area contributed by atoms with Crippen LogP contribution < -0.4 is 14.8 Å². The van der Waals surface area contributed by atoms with Gasteiger partial charge in [-0.15, -0.1) is 0 Å². The molecule has 2 fully saturated rings. The number of carbonyl (C=O) groups is 3. The second kappa shape index (κ2) is 8.53. The number of hydrogen-bond donors (Lipinski definition) is 1. The van der Waals surface area contributed by atoms with Gasteiger partial charge >= 0.3 is 6.03 Å². The number of rotatable bonds is 5. The van der Waals surface area contributed by atoms with Crippen LogP contribution in [0.5, 0.6) is 11.5 Å². The molecule has 0 bridgehead atoms. The summed E-state index contributed by atoms with van der Waals surface area (Å²) in [4.78, 5) is 42.1. The van der Waals surface area contributed by atoms with E-state index in [1.54, 1.807) is 23.1 Å². The summed E-state index contributed by atoms with van der Waals surface area (Å²) in [7, 11) is 3.04. The summed E-state index contributed by atoms with van der Waals surface area (Å²) in [6.45, 7) is 2.81. The second-order valence-corrected chi connectivity index (χ2v) is 8.32. The molecule has 2 aromatic rings. The summed E-state index contributed by atoms with van der Waals surface area (Å²) < 4.78 is 10.5. The average Bonchev–Trinajstić information content (AvgIpc) is 3.03. The number of urea groups is 1. The number of ether oxygens (including phenoxy) is 2. The van der Waals surface area contributed by atoms with E-state index in [1.807, 2.05) is 31.2 Å². The zero-order valence-electron chi connectivity index (χ0n) is 18.5. The molecule has 1 atom stereocenters. The number of amides is 4. The monoisotopic (exact) mass is 437 g/mol. The van der Waals surface area contributed by atoms with Gasteiger partial charge in [-0.2, -0.15) is 0 Å². The van der Waals surface area contributed by atoms with E-state index >= 15 is 0 Å². The van der Waals surface area contributed by atoms with E-state index in [0.717, 1.165) is 11.1 Å². The predicted molar refractivity (Wildman–Crippen MR) is 118 cm³/mol. The van der Waals surface area contributed by atoms with Crippen molar-refractivity contribution >= 4 is 17.8 Å². The fraction of sp³-hybridized carbons (Fsp3) is 0.375. The maximum Gasteiger partial charge on any atom is 0.325 e. The lowest BCUT2D eigenvalue weighted by atomic mass is 9.88. The normalized spacial score (nSPS) is 20.5. The van der Waals surface area contributed by atoms with Gasteiger partial charge in [0.25, 0.3) is 11.8 Å². The molecule has 4 amide bonds. The predicted octanol–water partition coefficient (Wildman–Crippen LogP) is 2.74. The summed E-state index contributed by atoms with van der Waals surface area (Å²) >= 11 is 0. The van der Waals surface area contributed by atoms with Crippen molar-refractivity contribution in [3.63, 3.8) is 0 Å². The van der Waals surface area contributed by atoms with Crippen molar-refractivity contribution in [2.75, 3.05) is 27.3 Å². The van der Waals surface area contributed by atoms with Crippen LogP contribution in [-0.4, -0.2) is 60.5 Å².